The Morgan fingerprint density at radius 1 is 1.28 bits per heavy atom. The first-order chi connectivity index (χ1) is 8.61. The number of nitrogen functional groups attached to an aromatic ring is 1. The fourth-order valence-corrected chi connectivity index (χ4v) is 1.84. The number of hydrazine groups is 1. The maximum Gasteiger partial charge on any atom is 0.128 e. The standard InChI is InChI=1S/C12H14ClN5/c1-7-4-9(12(14)17-5-7)11(18-15)10-3-2-8(13)6-16-10/h2-6,11,18H,15H2,1H3,(H2,14,17). The predicted octanol–water partition coefficient (Wildman–Crippen LogP) is 1.57. The van der Waals surface area contributed by atoms with Crippen molar-refractivity contribution in [1.82, 2.24) is 15.4 Å². The quantitative estimate of drug-likeness (QED) is 0.578. The topological polar surface area (TPSA) is 89.8 Å². The molecule has 18 heavy (non-hydrogen) atoms. The molecular weight excluding hydrogens is 250 g/mol. The van der Waals surface area contributed by atoms with Gasteiger partial charge in [-0.1, -0.05) is 11.6 Å². The Bertz CT molecular complexity index is 541. The van der Waals surface area contributed by atoms with Crippen molar-refractivity contribution in [1.29, 1.82) is 0 Å². The molecule has 1 atom stereocenters. The molecule has 0 spiro atoms. The number of hydrogen-bond donors (Lipinski definition) is 3. The van der Waals surface area contributed by atoms with Crippen molar-refractivity contribution in [3.8, 4) is 0 Å². The van der Waals surface area contributed by atoms with Crippen LogP contribution in [-0.2, 0) is 0 Å². The van der Waals surface area contributed by atoms with Gasteiger partial charge in [-0.05, 0) is 30.7 Å². The van der Waals surface area contributed by atoms with E-state index in [1.807, 2.05) is 13.0 Å². The van der Waals surface area contributed by atoms with E-state index in [1.54, 1.807) is 24.5 Å². The van der Waals surface area contributed by atoms with Crippen LogP contribution in [0.4, 0.5) is 5.82 Å². The molecule has 2 rings (SSSR count). The molecule has 0 aromatic carbocycles. The van der Waals surface area contributed by atoms with Gasteiger partial charge in [-0.2, -0.15) is 0 Å². The molecule has 0 aliphatic carbocycles. The Balaban J connectivity index is 2.44. The van der Waals surface area contributed by atoms with E-state index < -0.39 is 0 Å². The van der Waals surface area contributed by atoms with Gasteiger partial charge in [-0.15, -0.1) is 0 Å². The molecule has 0 fully saturated rings. The number of nitrogens with two attached hydrogens (primary N) is 2. The minimum Gasteiger partial charge on any atom is -0.383 e. The summed E-state index contributed by atoms with van der Waals surface area (Å²) in [5.41, 5.74) is 11.1. The van der Waals surface area contributed by atoms with Gasteiger partial charge in [-0.3, -0.25) is 10.8 Å². The van der Waals surface area contributed by atoms with Crippen LogP contribution in [-0.4, -0.2) is 9.97 Å². The average molecular weight is 264 g/mol. The lowest BCUT2D eigenvalue weighted by Gasteiger charge is -2.17. The summed E-state index contributed by atoms with van der Waals surface area (Å²) in [6.45, 7) is 1.94. The van der Waals surface area contributed by atoms with E-state index in [0.717, 1.165) is 16.8 Å². The number of rotatable bonds is 3. The molecule has 2 aromatic heterocycles. The Morgan fingerprint density at radius 3 is 2.67 bits per heavy atom. The fourth-order valence-electron chi connectivity index (χ4n) is 1.73. The molecule has 0 saturated carbocycles. The van der Waals surface area contributed by atoms with E-state index in [9.17, 15) is 0 Å². The van der Waals surface area contributed by atoms with Crippen LogP contribution in [0.15, 0.2) is 30.6 Å². The smallest absolute Gasteiger partial charge is 0.128 e. The number of aromatic nitrogens is 2. The van der Waals surface area contributed by atoms with Crippen molar-refractivity contribution < 1.29 is 0 Å². The van der Waals surface area contributed by atoms with Crippen molar-refractivity contribution in [3.05, 3.63) is 52.4 Å². The SMILES string of the molecule is Cc1cnc(N)c(C(NN)c2ccc(Cl)cn2)c1. The molecule has 5 nitrogen and oxygen atoms in total. The van der Waals surface area contributed by atoms with Crippen LogP contribution < -0.4 is 17.0 Å². The molecule has 0 aliphatic rings. The number of halogens is 1. The molecule has 94 valence electrons. The van der Waals surface area contributed by atoms with Gasteiger partial charge in [-0.25, -0.2) is 10.4 Å². The third kappa shape index (κ3) is 2.59. The zero-order valence-electron chi connectivity index (χ0n) is 9.89. The second kappa shape index (κ2) is 5.30. The molecule has 1 unspecified atom stereocenters. The summed E-state index contributed by atoms with van der Waals surface area (Å²) in [5, 5.41) is 0.574. The van der Waals surface area contributed by atoms with Gasteiger partial charge < -0.3 is 5.73 Å². The summed E-state index contributed by atoms with van der Waals surface area (Å²) in [7, 11) is 0. The van der Waals surface area contributed by atoms with Gasteiger partial charge in [0.2, 0.25) is 0 Å². The Kier molecular flexibility index (Phi) is 3.76. The van der Waals surface area contributed by atoms with Gasteiger partial charge in [0, 0.05) is 18.0 Å². The minimum atomic E-state index is -0.310. The second-order valence-electron chi connectivity index (χ2n) is 3.99. The molecule has 2 heterocycles. The summed E-state index contributed by atoms with van der Waals surface area (Å²) < 4.78 is 0. The zero-order valence-corrected chi connectivity index (χ0v) is 10.6. The molecule has 5 N–H and O–H groups in total. The largest absolute Gasteiger partial charge is 0.383 e. The van der Waals surface area contributed by atoms with Gasteiger partial charge in [0.1, 0.15) is 5.82 Å². The third-order valence-corrected chi connectivity index (χ3v) is 2.83. The third-order valence-electron chi connectivity index (χ3n) is 2.61. The van der Waals surface area contributed by atoms with Crippen molar-refractivity contribution >= 4 is 17.4 Å². The predicted molar refractivity (Wildman–Crippen MR) is 71.8 cm³/mol. The first-order valence-corrected chi connectivity index (χ1v) is 5.79. The zero-order chi connectivity index (χ0) is 13.1. The van der Waals surface area contributed by atoms with Crippen LogP contribution >= 0.6 is 11.6 Å². The summed E-state index contributed by atoms with van der Waals surface area (Å²) in [6, 6.07) is 5.18. The van der Waals surface area contributed by atoms with Crippen molar-refractivity contribution in [2.45, 2.75) is 13.0 Å². The molecule has 0 saturated heterocycles. The van der Waals surface area contributed by atoms with Crippen LogP contribution in [0.25, 0.3) is 0 Å². The van der Waals surface area contributed by atoms with E-state index in [-0.39, 0.29) is 6.04 Å². The Labute approximate surface area is 110 Å². The van der Waals surface area contributed by atoms with Crippen molar-refractivity contribution in [2.24, 2.45) is 5.84 Å². The van der Waals surface area contributed by atoms with Crippen LogP contribution in [0.1, 0.15) is 22.9 Å². The number of pyridine rings is 2. The lowest BCUT2D eigenvalue weighted by molar-refractivity contribution is 0.620. The molecular formula is C12H14ClN5. The van der Waals surface area contributed by atoms with Crippen LogP contribution in [0, 0.1) is 6.92 Å². The lowest BCUT2D eigenvalue weighted by atomic mass is 10.0. The first-order valence-electron chi connectivity index (χ1n) is 5.41. The molecule has 6 heteroatoms. The highest BCUT2D eigenvalue weighted by atomic mass is 35.5. The van der Waals surface area contributed by atoms with Crippen LogP contribution in [0.2, 0.25) is 5.02 Å². The second-order valence-corrected chi connectivity index (χ2v) is 4.42. The summed E-state index contributed by atoms with van der Waals surface area (Å²) in [6.07, 6.45) is 3.28. The maximum absolute atomic E-state index is 5.87. The summed E-state index contributed by atoms with van der Waals surface area (Å²) in [4.78, 5) is 8.36. The normalized spacial score (nSPS) is 12.4. The van der Waals surface area contributed by atoms with Crippen molar-refractivity contribution in [2.75, 3.05) is 5.73 Å². The molecule has 0 radical (unpaired) electrons. The number of anilines is 1. The molecule has 0 amide bonds. The highest BCUT2D eigenvalue weighted by Gasteiger charge is 2.17. The van der Waals surface area contributed by atoms with Gasteiger partial charge >= 0.3 is 0 Å². The number of aryl methyl sites for hydroxylation is 1. The number of hydrogen-bond acceptors (Lipinski definition) is 5. The van der Waals surface area contributed by atoms with E-state index in [1.165, 1.54) is 0 Å². The highest BCUT2D eigenvalue weighted by Crippen LogP contribution is 2.24. The number of nitrogens with zero attached hydrogens (tertiary/aromatic N) is 2. The molecule has 0 aliphatic heterocycles. The van der Waals surface area contributed by atoms with E-state index >= 15 is 0 Å². The summed E-state index contributed by atoms with van der Waals surface area (Å²) in [5.74, 6) is 6.02. The Morgan fingerprint density at radius 2 is 2.06 bits per heavy atom. The van der Waals surface area contributed by atoms with E-state index in [4.69, 9.17) is 23.2 Å². The van der Waals surface area contributed by atoms with Gasteiger partial charge in [0.05, 0.1) is 16.8 Å². The van der Waals surface area contributed by atoms with Crippen LogP contribution in [0.3, 0.4) is 0 Å². The molecule has 2 aromatic rings. The first kappa shape index (κ1) is 12.8. The summed E-state index contributed by atoms with van der Waals surface area (Å²) >= 11 is 5.81. The Hall–Kier alpha value is -1.69. The van der Waals surface area contributed by atoms with Crippen LogP contribution in [0.5, 0.6) is 0 Å². The van der Waals surface area contributed by atoms with E-state index in [0.29, 0.717) is 10.8 Å². The molecule has 0 bridgehead atoms. The lowest BCUT2D eigenvalue weighted by Crippen LogP contribution is -2.30. The maximum atomic E-state index is 5.87. The van der Waals surface area contributed by atoms with Gasteiger partial charge in [0.25, 0.3) is 0 Å². The number of nitrogens with one attached hydrogen (secondary N) is 1. The average Bonchev–Trinajstić information content (AvgIpc) is 2.37. The van der Waals surface area contributed by atoms with E-state index in [2.05, 4.69) is 15.4 Å². The van der Waals surface area contributed by atoms with Gasteiger partial charge in [0.15, 0.2) is 0 Å². The highest BCUT2D eigenvalue weighted by molar-refractivity contribution is 6.30. The minimum absolute atomic E-state index is 0.310. The monoisotopic (exact) mass is 263 g/mol. The fraction of sp³-hybridized carbons (Fsp3) is 0.167. The van der Waals surface area contributed by atoms with Crippen molar-refractivity contribution in [3.63, 3.8) is 0 Å².